The zero-order valence-corrected chi connectivity index (χ0v) is 13.1. The summed E-state index contributed by atoms with van der Waals surface area (Å²) in [6.07, 6.45) is 2.42. The number of nitrogens with one attached hydrogen (secondary N) is 1. The lowest BCUT2D eigenvalue weighted by atomic mass is 9.78. The van der Waals surface area contributed by atoms with E-state index >= 15 is 0 Å². The normalized spacial score (nSPS) is 30.2. The van der Waals surface area contributed by atoms with Crippen LogP contribution in [0.3, 0.4) is 0 Å². The Balaban J connectivity index is 2.01. The Bertz CT molecular complexity index is 405. The number of hydrogen-bond acceptors (Lipinski definition) is 4. The molecule has 1 aliphatic carbocycles. The third-order valence-electron chi connectivity index (χ3n) is 4.58. The Kier molecular flexibility index (Phi) is 4.76. The maximum Gasteiger partial charge on any atom is 0.410 e. The third-order valence-corrected chi connectivity index (χ3v) is 4.58. The summed E-state index contributed by atoms with van der Waals surface area (Å²) in [4.78, 5) is 24.9. The summed E-state index contributed by atoms with van der Waals surface area (Å²) in [6.45, 7) is 7.74. The number of carboxylic acid groups (broad SMARTS) is 1. The first-order chi connectivity index (χ1) is 9.80. The molecular formula is C15H26N2O4. The molecule has 2 aliphatic rings. The van der Waals surface area contributed by atoms with Crippen molar-refractivity contribution in [3.63, 3.8) is 0 Å². The molecule has 2 N–H and O–H groups in total. The highest BCUT2D eigenvalue weighted by Gasteiger charge is 2.40. The molecule has 0 spiro atoms. The highest BCUT2D eigenvalue weighted by molar-refractivity contribution is 5.80. The minimum Gasteiger partial charge on any atom is -0.480 e. The number of ether oxygens (including phenoxy) is 1. The average molecular weight is 298 g/mol. The number of hydrogen-bond donors (Lipinski definition) is 2. The minimum atomic E-state index is -0.988. The van der Waals surface area contributed by atoms with E-state index in [4.69, 9.17) is 4.74 Å². The maximum absolute atomic E-state index is 12.4. The first kappa shape index (κ1) is 16.1. The van der Waals surface area contributed by atoms with Gasteiger partial charge in [-0.3, -0.25) is 4.90 Å². The second kappa shape index (κ2) is 6.22. The van der Waals surface area contributed by atoms with E-state index in [1.807, 2.05) is 0 Å². The smallest absolute Gasteiger partial charge is 0.410 e. The van der Waals surface area contributed by atoms with Gasteiger partial charge in [0.2, 0.25) is 0 Å². The molecule has 1 amide bonds. The number of rotatable bonds is 2. The van der Waals surface area contributed by atoms with Crippen LogP contribution in [0.4, 0.5) is 4.79 Å². The van der Waals surface area contributed by atoms with Gasteiger partial charge in [0.05, 0.1) is 0 Å². The second-order valence-electron chi connectivity index (χ2n) is 7.08. The van der Waals surface area contributed by atoms with E-state index < -0.39 is 18.1 Å². The first-order valence-corrected chi connectivity index (χ1v) is 7.71. The lowest BCUT2D eigenvalue weighted by molar-refractivity contribution is -0.143. The number of aliphatic carboxylic acids is 1. The summed E-state index contributed by atoms with van der Waals surface area (Å²) in [5.74, 6) is -0.648. The lowest BCUT2D eigenvalue weighted by Gasteiger charge is -2.36. The Morgan fingerprint density at radius 1 is 1.29 bits per heavy atom. The van der Waals surface area contributed by atoms with Gasteiger partial charge in [0.15, 0.2) is 0 Å². The summed E-state index contributed by atoms with van der Waals surface area (Å²) in [5.41, 5.74) is 0.0943. The van der Waals surface area contributed by atoms with Gasteiger partial charge < -0.3 is 15.2 Å². The van der Waals surface area contributed by atoms with E-state index in [9.17, 15) is 14.7 Å². The van der Waals surface area contributed by atoms with Gasteiger partial charge in [-0.1, -0.05) is 20.8 Å². The maximum atomic E-state index is 12.4. The number of carbonyl (C=O) groups is 2. The van der Waals surface area contributed by atoms with Gasteiger partial charge in [-0.05, 0) is 24.7 Å². The molecule has 2 fully saturated rings. The van der Waals surface area contributed by atoms with Crippen LogP contribution in [0.2, 0.25) is 0 Å². The van der Waals surface area contributed by atoms with Crippen LogP contribution in [-0.2, 0) is 9.53 Å². The van der Waals surface area contributed by atoms with Crippen LogP contribution in [0.5, 0.6) is 0 Å². The number of carbonyl (C=O) groups excluding carboxylic acids is 1. The van der Waals surface area contributed by atoms with Gasteiger partial charge in [0, 0.05) is 25.6 Å². The number of piperazine rings is 1. The van der Waals surface area contributed by atoms with Crippen molar-refractivity contribution in [3.8, 4) is 0 Å². The molecule has 6 heteroatoms. The zero-order valence-electron chi connectivity index (χ0n) is 13.1. The summed E-state index contributed by atoms with van der Waals surface area (Å²) in [7, 11) is 0. The van der Waals surface area contributed by atoms with Crippen LogP contribution in [0.25, 0.3) is 0 Å². The van der Waals surface area contributed by atoms with Crippen LogP contribution < -0.4 is 5.32 Å². The zero-order chi connectivity index (χ0) is 15.6. The molecular weight excluding hydrogens is 272 g/mol. The summed E-state index contributed by atoms with van der Waals surface area (Å²) in [6, 6.07) is -0.833. The average Bonchev–Trinajstić information content (AvgIpc) is 2.86. The standard InChI is InChI=1S/C15H26N2O4/c1-15(2,3)10-5-4-6-12(10)21-14(20)17-8-7-16-9-11(17)13(18)19/h10-12,16H,4-9H2,1-3H3,(H,18,19). The van der Waals surface area contributed by atoms with E-state index in [0.29, 0.717) is 19.0 Å². The van der Waals surface area contributed by atoms with Gasteiger partial charge in [-0.25, -0.2) is 9.59 Å². The molecule has 2 rings (SSSR count). The fourth-order valence-electron chi connectivity index (χ4n) is 3.40. The minimum absolute atomic E-state index is 0.0943. The van der Waals surface area contributed by atoms with E-state index in [1.165, 1.54) is 4.90 Å². The molecule has 1 heterocycles. The van der Waals surface area contributed by atoms with Crippen LogP contribution in [0.1, 0.15) is 40.0 Å². The van der Waals surface area contributed by atoms with Gasteiger partial charge in [0.25, 0.3) is 0 Å². The predicted molar refractivity (Wildman–Crippen MR) is 78.1 cm³/mol. The topological polar surface area (TPSA) is 78.9 Å². The highest BCUT2D eigenvalue weighted by Crippen LogP contribution is 2.41. The van der Waals surface area contributed by atoms with Crippen molar-refractivity contribution in [1.29, 1.82) is 0 Å². The highest BCUT2D eigenvalue weighted by atomic mass is 16.6. The molecule has 6 nitrogen and oxygen atoms in total. The van der Waals surface area contributed by atoms with E-state index in [2.05, 4.69) is 26.1 Å². The van der Waals surface area contributed by atoms with Crippen molar-refractivity contribution in [3.05, 3.63) is 0 Å². The van der Waals surface area contributed by atoms with Crippen LogP contribution in [0.15, 0.2) is 0 Å². The van der Waals surface area contributed by atoms with Crippen molar-refractivity contribution in [2.45, 2.75) is 52.2 Å². The molecule has 3 unspecified atom stereocenters. The Hall–Kier alpha value is -1.30. The van der Waals surface area contributed by atoms with Gasteiger partial charge in [-0.15, -0.1) is 0 Å². The quantitative estimate of drug-likeness (QED) is 0.811. The molecule has 0 aromatic rings. The Morgan fingerprint density at radius 2 is 2.00 bits per heavy atom. The Morgan fingerprint density at radius 3 is 2.62 bits per heavy atom. The SMILES string of the molecule is CC(C)(C)C1CCCC1OC(=O)N1CCNCC1C(=O)O. The summed E-state index contributed by atoms with van der Waals surface area (Å²) >= 11 is 0. The molecule has 0 aromatic carbocycles. The second-order valence-corrected chi connectivity index (χ2v) is 7.08. The van der Waals surface area contributed by atoms with Crippen LogP contribution in [0, 0.1) is 11.3 Å². The first-order valence-electron chi connectivity index (χ1n) is 7.71. The van der Waals surface area contributed by atoms with Gasteiger partial charge >= 0.3 is 12.1 Å². The van der Waals surface area contributed by atoms with E-state index in [-0.39, 0.29) is 18.1 Å². The Labute approximate surface area is 125 Å². The lowest BCUT2D eigenvalue weighted by Crippen LogP contribution is -2.57. The van der Waals surface area contributed by atoms with Crippen molar-refractivity contribution in [2.75, 3.05) is 19.6 Å². The van der Waals surface area contributed by atoms with Crippen LogP contribution in [-0.4, -0.2) is 53.8 Å². The molecule has 0 radical (unpaired) electrons. The fraction of sp³-hybridized carbons (Fsp3) is 0.867. The third kappa shape index (κ3) is 3.67. The number of amides is 1. The summed E-state index contributed by atoms with van der Waals surface area (Å²) in [5, 5.41) is 12.2. The van der Waals surface area contributed by atoms with Gasteiger partial charge in [-0.2, -0.15) is 0 Å². The van der Waals surface area contributed by atoms with Crippen LogP contribution >= 0.6 is 0 Å². The molecule has 3 atom stereocenters. The largest absolute Gasteiger partial charge is 0.480 e. The fourth-order valence-corrected chi connectivity index (χ4v) is 3.40. The molecule has 1 saturated heterocycles. The van der Waals surface area contributed by atoms with E-state index in [0.717, 1.165) is 19.3 Å². The summed E-state index contributed by atoms with van der Waals surface area (Å²) < 4.78 is 5.67. The van der Waals surface area contributed by atoms with Crippen molar-refractivity contribution >= 4 is 12.1 Å². The predicted octanol–water partition coefficient (Wildman–Crippen LogP) is 1.70. The molecule has 120 valence electrons. The number of nitrogens with zero attached hydrogens (tertiary/aromatic N) is 1. The van der Waals surface area contributed by atoms with Crippen molar-refractivity contribution in [1.82, 2.24) is 10.2 Å². The van der Waals surface area contributed by atoms with Crippen molar-refractivity contribution < 1.29 is 19.4 Å². The number of carboxylic acids is 1. The van der Waals surface area contributed by atoms with Crippen molar-refractivity contribution in [2.24, 2.45) is 11.3 Å². The molecule has 0 aromatic heterocycles. The monoisotopic (exact) mass is 298 g/mol. The van der Waals surface area contributed by atoms with E-state index in [1.54, 1.807) is 0 Å². The molecule has 21 heavy (non-hydrogen) atoms. The molecule has 0 bridgehead atoms. The molecule has 1 aliphatic heterocycles. The molecule has 1 saturated carbocycles. The van der Waals surface area contributed by atoms with Gasteiger partial charge in [0.1, 0.15) is 12.1 Å².